The minimum atomic E-state index is 0.328. The van der Waals surface area contributed by atoms with Crippen LogP contribution in [0.3, 0.4) is 0 Å². The van der Waals surface area contributed by atoms with Crippen LogP contribution in [0.25, 0.3) is 0 Å². The Morgan fingerprint density at radius 1 is 1.29 bits per heavy atom. The van der Waals surface area contributed by atoms with Crippen molar-refractivity contribution in [3.05, 3.63) is 34.9 Å². The monoisotopic (exact) mass is 188 g/mol. The lowest BCUT2D eigenvalue weighted by atomic mass is 9.89. The molecule has 0 heterocycles. The largest absolute Gasteiger partial charge is 0.294 e. The van der Waals surface area contributed by atoms with Crippen LogP contribution in [0.2, 0.25) is 0 Å². The lowest BCUT2D eigenvalue weighted by Crippen LogP contribution is -2.10. The molecular formula is C13H16O. The van der Waals surface area contributed by atoms with Gasteiger partial charge in [0.05, 0.1) is 0 Å². The third kappa shape index (κ3) is 1.72. The third-order valence-corrected chi connectivity index (χ3v) is 2.86. The Kier molecular flexibility index (Phi) is 2.67. The predicted molar refractivity (Wildman–Crippen MR) is 57.7 cm³/mol. The minimum Gasteiger partial charge on any atom is -0.294 e. The van der Waals surface area contributed by atoms with Gasteiger partial charge in [-0.05, 0) is 30.4 Å². The Labute approximate surface area is 85.1 Å². The van der Waals surface area contributed by atoms with Crippen LogP contribution in [-0.4, -0.2) is 5.78 Å². The van der Waals surface area contributed by atoms with Crippen LogP contribution in [-0.2, 0) is 12.8 Å². The summed E-state index contributed by atoms with van der Waals surface area (Å²) in [5.41, 5.74) is 3.62. The number of rotatable bonds is 2. The van der Waals surface area contributed by atoms with E-state index < -0.39 is 0 Å². The molecule has 1 heteroatoms. The number of ketones is 1. The van der Waals surface area contributed by atoms with Crippen LogP contribution in [0, 0.1) is 0 Å². The van der Waals surface area contributed by atoms with Gasteiger partial charge in [-0.25, -0.2) is 0 Å². The van der Waals surface area contributed by atoms with E-state index in [2.05, 4.69) is 19.1 Å². The van der Waals surface area contributed by atoms with Crippen molar-refractivity contribution < 1.29 is 4.79 Å². The molecule has 0 bridgehead atoms. The number of benzene rings is 1. The summed E-state index contributed by atoms with van der Waals surface area (Å²) >= 11 is 0. The molecule has 74 valence electrons. The summed E-state index contributed by atoms with van der Waals surface area (Å²) in [6.07, 6.45) is 5.15. The van der Waals surface area contributed by atoms with Gasteiger partial charge >= 0.3 is 0 Å². The molecule has 0 spiro atoms. The van der Waals surface area contributed by atoms with Crippen molar-refractivity contribution in [3.8, 4) is 0 Å². The molecule has 0 saturated carbocycles. The van der Waals surface area contributed by atoms with E-state index >= 15 is 0 Å². The first-order valence-corrected chi connectivity index (χ1v) is 5.46. The number of carbonyl (C=O) groups excluding carboxylic acids is 1. The van der Waals surface area contributed by atoms with E-state index in [0.29, 0.717) is 5.78 Å². The third-order valence-electron chi connectivity index (χ3n) is 2.86. The zero-order valence-corrected chi connectivity index (χ0v) is 8.68. The molecule has 1 aromatic carbocycles. The van der Waals surface area contributed by atoms with Gasteiger partial charge in [0.15, 0.2) is 5.78 Å². The number of carbonyl (C=O) groups is 1. The van der Waals surface area contributed by atoms with E-state index in [1.807, 2.05) is 6.07 Å². The van der Waals surface area contributed by atoms with Crippen molar-refractivity contribution >= 4 is 5.78 Å². The molecule has 0 fully saturated rings. The van der Waals surface area contributed by atoms with Crippen molar-refractivity contribution in [1.82, 2.24) is 0 Å². The fourth-order valence-electron chi connectivity index (χ4n) is 2.14. The number of hydrogen-bond donors (Lipinski definition) is 0. The molecule has 2 rings (SSSR count). The van der Waals surface area contributed by atoms with E-state index in [0.717, 1.165) is 31.2 Å². The molecule has 0 unspecified atom stereocenters. The highest BCUT2D eigenvalue weighted by Gasteiger charge is 2.16. The Balaban J connectivity index is 2.34. The Hall–Kier alpha value is -1.11. The molecule has 0 amide bonds. The molecule has 0 radical (unpaired) electrons. The molecule has 0 aromatic heterocycles. The highest BCUT2D eigenvalue weighted by molar-refractivity contribution is 5.98. The van der Waals surface area contributed by atoms with Gasteiger partial charge in [0, 0.05) is 12.0 Å². The van der Waals surface area contributed by atoms with Crippen molar-refractivity contribution in [3.63, 3.8) is 0 Å². The second kappa shape index (κ2) is 3.95. The van der Waals surface area contributed by atoms with Crippen LogP contribution in [0.5, 0.6) is 0 Å². The van der Waals surface area contributed by atoms with Gasteiger partial charge in [-0.3, -0.25) is 4.79 Å². The van der Waals surface area contributed by atoms with Crippen LogP contribution in [0.4, 0.5) is 0 Å². The maximum Gasteiger partial charge on any atom is 0.163 e. The van der Waals surface area contributed by atoms with E-state index in [-0.39, 0.29) is 0 Å². The fraction of sp³-hybridized carbons (Fsp3) is 0.462. The SMILES string of the molecule is CCCc1ccc2c(c1)CCCC2=O. The Morgan fingerprint density at radius 3 is 2.93 bits per heavy atom. The van der Waals surface area contributed by atoms with Gasteiger partial charge in [-0.1, -0.05) is 31.5 Å². The maximum absolute atomic E-state index is 11.6. The first-order chi connectivity index (χ1) is 6.81. The first-order valence-electron chi connectivity index (χ1n) is 5.46. The van der Waals surface area contributed by atoms with Gasteiger partial charge in [0.2, 0.25) is 0 Å². The van der Waals surface area contributed by atoms with E-state index in [1.165, 1.54) is 17.5 Å². The second-order valence-electron chi connectivity index (χ2n) is 4.02. The zero-order chi connectivity index (χ0) is 9.97. The van der Waals surface area contributed by atoms with Gasteiger partial charge in [-0.15, -0.1) is 0 Å². The predicted octanol–water partition coefficient (Wildman–Crippen LogP) is 3.16. The normalized spacial score (nSPS) is 15.4. The smallest absolute Gasteiger partial charge is 0.163 e. The quantitative estimate of drug-likeness (QED) is 0.696. The standard InChI is InChI=1S/C13H16O/c1-2-4-10-7-8-12-11(9-10)5-3-6-13(12)14/h7-9H,2-6H2,1H3. The average molecular weight is 188 g/mol. The van der Waals surface area contributed by atoms with Crippen molar-refractivity contribution in [1.29, 1.82) is 0 Å². The second-order valence-corrected chi connectivity index (χ2v) is 4.02. The Morgan fingerprint density at radius 2 is 2.14 bits per heavy atom. The molecule has 1 aromatic rings. The molecule has 0 atom stereocenters. The molecule has 0 aliphatic heterocycles. The summed E-state index contributed by atoms with van der Waals surface area (Å²) in [5, 5.41) is 0. The fourth-order valence-corrected chi connectivity index (χ4v) is 2.14. The van der Waals surface area contributed by atoms with Gasteiger partial charge in [0.25, 0.3) is 0 Å². The molecule has 1 aliphatic carbocycles. The maximum atomic E-state index is 11.6. The number of aryl methyl sites for hydroxylation is 2. The molecular weight excluding hydrogens is 172 g/mol. The van der Waals surface area contributed by atoms with Crippen LogP contribution in [0.1, 0.15) is 47.7 Å². The summed E-state index contributed by atoms with van der Waals surface area (Å²) in [6, 6.07) is 6.34. The minimum absolute atomic E-state index is 0.328. The summed E-state index contributed by atoms with van der Waals surface area (Å²) < 4.78 is 0. The van der Waals surface area contributed by atoms with Crippen LogP contribution < -0.4 is 0 Å². The molecule has 1 nitrogen and oxygen atoms in total. The van der Waals surface area contributed by atoms with Gasteiger partial charge in [0.1, 0.15) is 0 Å². The average Bonchev–Trinajstić information content (AvgIpc) is 2.18. The molecule has 14 heavy (non-hydrogen) atoms. The number of fused-ring (bicyclic) bond motifs is 1. The van der Waals surface area contributed by atoms with Crippen molar-refractivity contribution in [2.24, 2.45) is 0 Å². The summed E-state index contributed by atoms with van der Waals surface area (Å²) in [4.78, 5) is 11.6. The van der Waals surface area contributed by atoms with E-state index in [9.17, 15) is 4.79 Å². The highest BCUT2D eigenvalue weighted by Crippen LogP contribution is 2.22. The highest BCUT2D eigenvalue weighted by atomic mass is 16.1. The molecule has 0 N–H and O–H groups in total. The van der Waals surface area contributed by atoms with Crippen molar-refractivity contribution in [2.75, 3.05) is 0 Å². The topological polar surface area (TPSA) is 17.1 Å². The van der Waals surface area contributed by atoms with Gasteiger partial charge in [-0.2, -0.15) is 0 Å². The lowest BCUT2D eigenvalue weighted by molar-refractivity contribution is 0.0972. The summed E-state index contributed by atoms with van der Waals surface area (Å²) in [5.74, 6) is 0.328. The number of hydrogen-bond acceptors (Lipinski definition) is 1. The molecule has 0 saturated heterocycles. The van der Waals surface area contributed by atoms with Crippen molar-refractivity contribution in [2.45, 2.75) is 39.0 Å². The van der Waals surface area contributed by atoms with Gasteiger partial charge < -0.3 is 0 Å². The summed E-state index contributed by atoms with van der Waals surface area (Å²) in [7, 11) is 0. The summed E-state index contributed by atoms with van der Waals surface area (Å²) in [6.45, 7) is 2.19. The van der Waals surface area contributed by atoms with Crippen LogP contribution >= 0.6 is 0 Å². The van der Waals surface area contributed by atoms with Crippen LogP contribution in [0.15, 0.2) is 18.2 Å². The zero-order valence-electron chi connectivity index (χ0n) is 8.68. The first kappa shape index (κ1) is 9.45. The lowest BCUT2D eigenvalue weighted by Gasteiger charge is -2.15. The number of Topliss-reactive ketones (excluding diaryl/α,β-unsaturated/α-hetero) is 1. The Bertz CT molecular complexity index is 352. The molecule has 1 aliphatic rings. The van der Waals surface area contributed by atoms with E-state index in [1.54, 1.807) is 0 Å². The van der Waals surface area contributed by atoms with E-state index in [4.69, 9.17) is 0 Å².